The molecule has 0 aromatic carbocycles. The van der Waals surface area contributed by atoms with E-state index in [1.165, 1.54) is 6.20 Å². The summed E-state index contributed by atoms with van der Waals surface area (Å²) >= 11 is 0. The van der Waals surface area contributed by atoms with Gasteiger partial charge in [-0.3, -0.25) is 4.79 Å². The number of aromatic amines is 1. The molecule has 0 aliphatic carbocycles. The first-order valence-corrected chi connectivity index (χ1v) is 5.16. The van der Waals surface area contributed by atoms with Gasteiger partial charge in [0.25, 0.3) is 0 Å². The molecule has 1 N–H and O–H groups in total. The smallest absolute Gasteiger partial charge is 0.329 e. The second-order valence-electron chi connectivity index (χ2n) is 3.85. The van der Waals surface area contributed by atoms with Crippen molar-refractivity contribution < 1.29 is 13.2 Å². The van der Waals surface area contributed by atoms with Crippen LogP contribution in [0, 0.1) is 0 Å². The summed E-state index contributed by atoms with van der Waals surface area (Å²) in [4.78, 5) is 13.2. The number of aromatic nitrogens is 1. The Hall–Kier alpha value is -1.26. The zero-order chi connectivity index (χ0) is 12.3. The van der Waals surface area contributed by atoms with Crippen LogP contribution >= 0.6 is 0 Å². The number of hydrogen-bond donors (Lipinski definition) is 1. The predicted octanol–water partition coefficient (Wildman–Crippen LogP) is 3.30. The van der Waals surface area contributed by atoms with Gasteiger partial charge in [0.15, 0.2) is 0 Å². The molecule has 1 atom stereocenters. The fourth-order valence-corrected chi connectivity index (χ4v) is 1.72. The molecule has 1 heterocycles. The Morgan fingerprint density at radius 2 is 2.06 bits per heavy atom. The van der Waals surface area contributed by atoms with Gasteiger partial charge in [-0.25, -0.2) is 0 Å². The molecule has 1 rings (SSSR count). The highest BCUT2D eigenvalue weighted by Gasteiger charge is 2.34. The normalized spacial score (nSPS) is 13.8. The lowest BCUT2D eigenvalue weighted by atomic mass is 9.94. The number of halogens is 3. The third kappa shape index (κ3) is 2.87. The van der Waals surface area contributed by atoms with Crippen molar-refractivity contribution in [2.75, 3.05) is 0 Å². The van der Waals surface area contributed by atoms with E-state index in [-0.39, 0.29) is 11.5 Å². The molecule has 0 radical (unpaired) electrons. The van der Waals surface area contributed by atoms with Gasteiger partial charge >= 0.3 is 6.18 Å². The molecule has 0 aliphatic rings. The standard InChI is InChI=1S/C11H14F3NO/c1-3-4-7(2)8-6-15-10(16)5-9(8)11(12,13)14/h5-7H,3-4H2,1-2H3,(H,15,16). The Kier molecular flexibility index (Phi) is 3.78. The zero-order valence-electron chi connectivity index (χ0n) is 9.19. The number of alkyl halides is 3. The highest BCUT2D eigenvalue weighted by atomic mass is 19.4. The first kappa shape index (κ1) is 12.8. The van der Waals surface area contributed by atoms with Crippen LogP contribution in [0.25, 0.3) is 0 Å². The lowest BCUT2D eigenvalue weighted by Crippen LogP contribution is -2.17. The van der Waals surface area contributed by atoms with Crippen LogP contribution in [0.5, 0.6) is 0 Å². The molecule has 5 heteroatoms. The van der Waals surface area contributed by atoms with Gasteiger partial charge in [-0.2, -0.15) is 13.2 Å². The third-order valence-corrected chi connectivity index (χ3v) is 2.51. The van der Waals surface area contributed by atoms with Gasteiger partial charge in [-0.15, -0.1) is 0 Å². The minimum absolute atomic E-state index is 0.161. The minimum Gasteiger partial charge on any atom is -0.329 e. The molecule has 1 aromatic heterocycles. The average molecular weight is 233 g/mol. The van der Waals surface area contributed by atoms with E-state index in [2.05, 4.69) is 4.98 Å². The van der Waals surface area contributed by atoms with E-state index < -0.39 is 17.3 Å². The molecule has 1 aromatic rings. The SMILES string of the molecule is CCCC(C)c1c[nH]c(=O)cc1C(F)(F)F. The molecular formula is C11H14F3NO. The maximum Gasteiger partial charge on any atom is 0.416 e. The summed E-state index contributed by atoms with van der Waals surface area (Å²) in [5.74, 6) is -0.210. The van der Waals surface area contributed by atoms with E-state index in [1.807, 2.05) is 6.92 Å². The van der Waals surface area contributed by atoms with Crippen molar-refractivity contribution >= 4 is 0 Å². The molecule has 0 saturated heterocycles. The molecule has 0 saturated carbocycles. The van der Waals surface area contributed by atoms with Gasteiger partial charge in [0.1, 0.15) is 0 Å². The highest BCUT2D eigenvalue weighted by Crippen LogP contribution is 2.35. The molecule has 16 heavy (non-hydrogen) atoms. The van der Waals surface area contributed by atoms with E-state index in [9.17, 15) is 18.0 Å². The van der Waals surface area contributed by atoms with Gasteiger partial charge in [-0.05, 0) is 17.9 Å². The molecule has 0 aliphatic heterocycles. The molecule has 0 fully saturated rings. The summed E-state index contributed by atoms with van der Waals surface area (Å²) in [6, 6.07) is 0.626. The second kappa shape index (κ2) is 4.72. The van der Waals surface area contributed by atoms with Crippen molar-refractivity contribution in [3.8, 4) is 0 Å². The number of hydrogen-bond acceptors (Lipinski definition) is 1. The Morgan fingerprint density at radius 1 is 1.44 bits per heavy atom. The van der Waals surface area contributed by atoms with E-state index >= 15 is 0 Å². The van der Waals surface area contributed by atoms with Crippen LogP contribution in [-0.4, -0.2) is 4.98 Å². The summed E-state index contributed by atoms with van der Waals surface area (Å²) in [6.45, 7) is 3.64. The summed E-state index contributed by atoms with van der Waals surface area (Å²) in [5, 5.41) is 0. The molecule has 0 amide bonds. The second-order valence-corrected chi connectivity index (χ2v) is 3.85. The average Bonchev–Trinajstić information content (AvgIpc) is 2.16. The van der Waals surface area contributed by atoms with Crippen molar-refractivity contribution in [3.05, 3.63) is 33.7 Å². The van der Waals surface area contributed by atoms with Crippen LogP contribution in [0.3, 0.4) is 0 Å². The number of nitrogens with one attached hydrogen (secondary N) is 1. The van der Waals surface area contributed by atoms with Crippen LogP contribution in [0.1, 0.15) is 43.7 Å². The summed E-state index contributed by atoms with van der Waals surface area (Å²) in [6.07, 6.45) is -1.83. The third-order valence-electron chi connectivity index (χ3n) is 2.51. The van der Waals surface area contributed by atoms with Gasteiger partial charge < -0.3 is 4.98 Å². The van der Waals surface area contributed by atoms with Crippen molar-refractivity contribution in [1.82, 2.24) is 4.98 Å². The maximum atomic E-state index is 12.7. The predicted molar refractivity (Wildman–Crippen MR) is 55.4 cm³/mol. The van der Waals surface area contributed by atoms with Gasteiger partial charge in [0.05, 0.1) is 5.56 Å². The Labute approximate surface area is 91.5 Å². The fraction of sp³-hybridized carbons (Fsp3) is 0.545. The fourth-order valence-electron chi connectivity index (χ4n) is 1.72. The highest BCUT2D eigenvalue weighted by molar-refractivity contribution is 5.29. The topological polar surface area (TPSA) is 32.9 Å². The molecule has 90 valence electrons. The first-order chi connectivity index (χ1) is 7.36. The Morgan fingerprint density at radius 3 is 2.56 bits per heavy atom. The van der Waals surface area contributed by atoms with Gasteiger partial charge in [0.2, 0.25) is 5.56 Å². The van der Waals surface area contributed by atoms with Gasteiger partial charge in [-0.1, -0.05) is 20.3 Å². The quantitative estimate of drug-likeness (QED) is 0.853. The maximum absolute atomic E-state index is 12.7. The van der Waals surface area contributed by atoms with E-state index in [1.54, 1.807) is 6.92 Å². The van der Waals surface area contributed by atoms with E-state index in [0.29, 0.717) is 12.5 Å². The molecular weight excluding hydrogens is 219 g/mol. The van der Waals surface area contributed by atoms with Crippen LogP contribution < -0.4 is 5.56 Å². The summed E-state index contributed by atoms with van der Waals surface area (Å²) in [5.41, 5.74) is -1.38. The summed E-state index contributed by atoms with van der Waals surface area (Å²) < 4.78 is 38.0. The van der Waals surface area contributed by atoms with Gasteiger partial charge in [0, 0.05) is 12.3 Å². The molecule has 1 unspecified atom stereocenters. The van der Waals surface area contributed by atoms with Crippen molar-refractivity contribution in [3.63, 3.8) is 0 Å². The van der Waals surface area contributed by atoms with Crippen LogP contribution in [-0.2, 0) is 6.18 Å². The summed E-state index contributed by atoms with van der Waals surface area (Å²) in [7, 11) is 0. The Balaban J connectivity index is 3.23. The van der Waals surface area contributed by atoms with Crippen LogP contribution in [0.15, 0.2) is 17.1 Å². The largest absolute Gasteiger partial charge is 0.416 e. The number of H-pyrrole nitrogens is 1. The zero-order valence-corrected chi connectivity index (χ0v) is 9.19. The Bertz CT molecular complexity index is 408. The molecule has 0 bridgehead atoms. The lowest BCUT2D eigenvalue weighted by Gasteiger charge is -2.17. The monoisotopic (exact) mass is 233 g/mol. The molecule has 0 spiro atoms. The van der Waals surface area contributed by atoms with Crippen molar-refractivity contribution in [1.29, 1.82) is 0 Å². The first-order valence-electron chi connectivity index (χ1n) is 5.16. The minimum atomic E-state index is -4.47. The molecule has 2 nitrogen and oxygen atoms in total. The van der Waals surface area contributed by atoms with E-state index in [4.69, 9.17) is 0 Å². The number of rotatable bonds is 3. The van der Waals surface area contributed by atoms with E-state index in [0.717, 1.165) is 6.42 Å². The van der Waals surface area contributed by atoms with Crippen LogP contribution in [0.2, 0.25) is 0 Å². The lowest BCUT2D eigenvalue weighted by molar-refractivity contribution is -0.138. The van der Waals surface area contributed by atoms with Crippen molar-refractivity contribution in [2.45, 2.75) is 38.8 Å². The van der Waals surface area contributed by atoms with Crippen molar-refractivity contribution in [2.24, 2.45) is 0 Å². The number of pyridine rings is 1. The van der Waals surface area contributed by atoms with Crippen LogP contribution in [0.4, 0.5) is 13.2 Å².